The molecular formula is C20H27F3N4O3. The number of halogens is 3. The third-order valence-corrected chi connectivity index (χ3v) is 4.97. The van der Waals surface area contributed by atoms with Crippen molar-refractivity contribution < 1.29 is 27.5 Å². The van der Waals surface area contributed by atoms with Gasteiger partial charge in [0.05, 0.1) is 0 Å². The molecule has 0 atom stereocenters. The van der Waals surface area contributed by atoms with Gasteiger partial charge in [-0.2, -0.15) is 13.2 Å². The molecule has 1 aromatic rings. The Hall–Kier alpha value is -2.33. The van der Waals surface area contributed by atoms with Crippen LogP contribution in [-0.2, 0) is 4.74 Å². The molecule has 1 aromatic carbocycles. The van der Waals surface area contributed by atoms with Crippen LogP contribution in [0.3, 0.4) is 0 Å². The Labute approximate surface area is 173 Å². The summed E-state index contributed by atoms with van der Waals surface area (Å²) in [4.78, 5) is 28.5. The molecule has 2 aliphatic rings. The highest BCUT2D eigenvalue weighted by Crippen LogP contribution is 2.19. The highest BCUT2D eigenvalue weighted by molar-refractivity contribution is 5.97. The van der Waals surface area contributed by atoms with Crippen molar-refractivity contribution in [3.8, 4) is 0 Å². The van der Waals surface area contributed by atoms with Crippen LogP contribution >= 0.6 is 0 Å². The average molecular weight is 428 g/mol. The van der Waals surface area contributed by atoms with Crippen LogP contribution in [0.2, 0.25) is 0 Å². The zero-order valence-electron chi connectivity index (χ0n) is 16.7. The Kier molecular flexibility index (Phi) is 7.54. The molecule has 2 N–H and O–H groups in total. The van der Waals surface area contributed by atoms with E-state index in [4.69, 9.17) is 0 Å². The second-order valence-electron chi connectivity index (χ2n) is 7.61. The van der Waals surface area contributed by atoms with Gasteiger partial charge in [0.2, 0.25) is 0 Å². The smallest absolute Gasteiger partial charge is 0.372 e. The number of hydrogen-bond donors (Lipinski definition) is 2. The van der Waals surface area contributed by atoms with Gasteiger partial charge in [0.1, 0.15) is 6.61 Å². The lowest BCUT2D eigenvalue weighted by Crippen LogP contribution is -2.49. The number of urea groups is 1. The fourth-order valence-electron chi connectivity index (χ4n) is 3.25. The van der Waals surface area contributed by atoms with Crippen molar-refractivity contribution in [3.63, 3.8) is 0 Å². The number of carbonyl (C=O) groups excluding carboxylic acids is 2. The lowest BCUT2D eigenvalue weighted by Gasteiger charge is -2.34. The fraction of sp³-hybridized carbons (Fsp3) is 0.600. The van der Waals surface area contributed by atoms with E-state index in [-0.39, 0.29) is 24.6 Å². The first-order valence-corrected chi connectivity index (χ1v) is 10.1. The van der Waals surface area contributed by atoms with Crippen molar-refractivity contribution >= 4 is 17.6 Å². The maximum atomic E-state index is 12.8. The summed E-state index contributed by atoms with van der Waals surface area (Å²) in [5, 5.41) is 5.59. The number of ether oxygens (including phenoxy) is 1. The van der Waals surface area contributed by atoms with E-state index < -0.39 is 12.8 Å². The molecule has 30 heavy (non-hydrogen) atoms. The van der Waals surface area contributed by atoms with Gasteiger partial charge in [0.15, 0.2) is 0 Å². The molecule has 7 nitrogen and oxygen atoms in total. The molecule has 1 aliphatic heterocycles. The molecule has 0 spiro atoms. The predicted molar refractivity (Wildman–Crippen MR) is 105 cm³/mol. The van der Waals surface area contributed by atoms with Crippen molar-refractivity contribution in [2.75, 3.05) is 51.3 Å². The number of anilines is 1. The van der Waals surface area contributed by atoms with Crippen molar-refractivity contribution in [3.05, 3.63) is 29.8 Å². The third kappa shape index (κ3) is 7.49. The van der Waals surface area contributed by atoms with Gasteiger partial charge in [-0.1, -0.05) is 6.07 Å². The van der Waals surface area contributed by atoms with Crippen LogP contribution in [0, 0.1) is 0 Å². The van der Waals surface area contributed by atoms with Crippen molar-refractivity contribution in [2.24, 2.45) is 0 Å². The minimum absolute atomic E-state index is 0.0623. The molecule has 1 saturated carbocycles. The van der Waals surface area contributed by atoms with Gasteiger partial charge in [0, 0.05) is 56.6 Å². The summed E-state index contributed by atoms with van der Waals surface area (Å²) in [7, 11) is 0. The van der Waals surface area contributed by atoms with Crippen LogP contribution in [-0.4, -0.2) is 79.9 Å². The van der Waals surface area contributed by atoms with Crippen LogP contribution in [0.5, 0.6) is 0 Å². The molecule has 166 valence electrons. The van der Waals surface area contributed by atoms with Gasteiger partial charge in [0.25, 0.3) is 5.91 Å². The monoisotopic (exact) mass is 428 g/mol. The number of alkyl halides is 3. The van der Waals surface area contributed by atoms with E-state index in [0.717, 1.165) is 12.8 Å². The standard InChI is InChI=1S/C20H27F3N4O3/c21-20(22,23)14-30-12-2-7-26-8-10-27(11-9-26)18(28)15-3-1-4-17(13-15)25-19(29)24-16-5-6-16/h1,3-4,13,16H,2,5-12,14H2,(H2,24,25,29). The largest absolute Gasteiger partial charge is 0.411 e. The van der Waals surface area contributed by atoms with Crippen LogP contribution in [0.25, 0.3) is 0 Å². The van der Waals surface area contributed by atoms with Gasteiger partial charge in [-0.15, -0.1) is 0 Å². The topological polar surface area (TPSA) is 73.9 Å². The first-order chi connectivity index (χ1) is 14.3. The molecule has 0 aromatic heterocycles. The maximum Gasteiger partial charge on any atom is 0.411 e. The molecule has 0 bridgehead atoms. The van der Waals surface area contributed by atoms with Crippen LogP contribution in [0.4, 0.5) is 23.7 Å². The van der Waals surface area contributed by atoms with Crippen molar-refractivity contribution in [2.45, 2.75) is 31.5 Å². The van der Waals surface area contributed by atoms with Gasteiger partial charge in [-0.25, -0.2) is 4.79 Å². The second-order valence-corrected chi connectivity index (χ2v) is 7.61. The summed E-state index contributed by atoms with van der Waals surface area (Å²) < 4.78 is 40.7. The zero-order valence-corrected chi connectivity index (χ0v) is 16.7. The van der Waals surface area contributed by atoms with E-state index >= 15 is 0 Å². The average Bonchev–Trinajstić information content (AvgIpc) is 3.51. The first kappa shape index (κ1) is 22.4. The van der Waals surface area contributed by atoms with E-state index in [0.29, 0.717) is 50.4 Å². The first-order valence-electron chi connectivity index (χ1n) is 10.1. The van der Waals surface area contributed by atoms with Crippen LogP contribution in [0.1, 0.15) is 29.6 Å². The Morgan fingerprint density at radius 2 is 1.87 bits per heavy atom. The molecular weight excluding hydrogens is 401 g/mol. The Morgan fingerprint density at radius 3 is 2.53 bits per heavy atom. The van der Waals surface area contributed by atoms with Gasteiger partial charge >= 0.3 is 12.2 Å². The summed E-state index contributed by atoms with van der Waals surface area (Å²) in [6.45, 7) is 1.89. The fourth-order valence-corrected chi connectivity index (χ4v) is 3.25. The highest BCUT2D eigenvalue weighted by Gasteiger charge is 2.27. The molecule has 0 radical (unpaired) electrons. The number of rotatable bonds is 8. The van der Waals surface area contributed by atoms with Crippen molar-refractivity contribution in [1.29, 1.82) is 0 Å². The van der Waals surface area contributed by atoms with Gasteiger partial charge < -0.3 is 20.3 Å². The maximum absolute atomic E-state index is 12.8. The van der Waals surface area contributed by atoms with Gasteiger partial charge in [-0.05, 0) is 37.5 Å². The lowest BCUT2D eigenvalue weighted by atomic mass is 10.1. The minimum atomic E-state index is -4.29. The molecule has 1 aliphatic carbocycles. The molecule has 1 saturated heterocycles. The Bertz CT molecular complexity index is 732. The molecule has 3 amide bonds. The molecule has 2 fully saturated rings. The number of carbonyl (C=O) groups is 2. The Morgan fingerprint density at radius 1 is 1.13 bits per heavy atom. The van der Waals surface area contributed by atoms with Crippen LogP contribution < -0.4 is 10.6 Å². The van der Waals surface area contributed by atoms with E-state index in [1.807, 2.05) is 0 Å². The summed E-state index contributed by atoms with van der Waals surface area (Å²) >= 11 is 0. The summed E-state index contributed by atoms with van der Waals surface area (Å²) in [5.41, 5.74) is 1.07. The van der Waals surface area contributed by atoms with E-state index in [1.165, 1.54) is 0 Å². The molecule has 3 rings (SSSR count). The lowest BCUT2D eigenvalue weighted by molar-refractivity contribution is -0.174. The van der Waals surface area contributed by atoms with E-state index in [1.54, 1.807) is 29.2 Å². The Balaban J connectivity index is 1.39. The van der Waals surface area contributed by atoms with E-state index in [9.17, 15) is 22.8 Å². The van der Waals surface area contributed by atoms with Crippen molar-refractivity contribution in [1.82, 2.24) is 15.1 Å². The predicted octanol–water partition coefficient (Wildman–Crippen LogP) is 2.70. The third-order valence-electron chi connectivity index (χ3n) is 4.97. The number of benzene rings is 1. The number of nitrogens with zero attached hydrogens (tertiary/aromatic N) is 2. The minimum Gasteiger partial charge on any atom is -0.372 e. The second kappa shape index (κ2) is 10.1. The SMILES string of the molecule is O=C(Nc1cccc(C(=O)N2CCN(CCCOCC(F)(F)F)CC2)c1)NC1CC1. The highest BCUT2D eigenvalue weighted by atomic mass is 19.4. The molecule has 10 heteroatoms. The summed E-state index contributed by atoms with van der Waals surface area (Å²) in [6.07, 6.45) is -1.78. The quantitative estimate of drug-likeness (QED) is 0.625. The number of amides is 3. The summed E-state index contributed by atoms with van der Waals surface area (Å²) in [5.74, 6) is -0.102. The van der Waals surface area contributed by atoms with E-state index in [2.05, 4.69) is 20.3 Å². The van der Waals surface area contributed by atoms with Crippen LogP contribution in [0.15, 0.2) is 24.3 Å². The number of hydrogen-bond acceptors (Lipinski definition) is 4. The summed E-state index contributed by atoms with van der Waals surface area (Å²) in [6, 6.07) is 6.84. The van der Waals surface area contributed by atoms with Gasteiger partial charge in [-0.3, -0.25) is 9.69 Å². The molecule has 1 heterocycles. The number of piperazine rings is 1. The normalized spacial score (nSPS) is 17.6. The number of nitrogens with one attached hydrogen (secondary N) is 2. The molecule has 0 unspecified atom stereocenters. The zero-order chi connectivity index (χ0) is 21.6.